The van der Waals surface area contributed by atoms with Gasteiger partial charge in [-0.15, -0.1) is 0 Å². The number of hydrogen-bond donors (Lipinski definition) is 2. The molecule has 3 heterocycles. The van der Waals surface area contributed by atoms with Crippen molar-refractivity contribution in [3.05, 3.63) is 76.2 Å². The van der Waals surface area contributed by atoms with E-state index < -0.39 is 11.6 Å². The number of nitrogens with zero attached hydrogens (tertiary/aromatic N) is 4. The van der Waals surface area contributed by atoms with Gasteiger partial charge in [-0.1, -0.05) is 42.1 Å². The van der Waals surface area contributed by atoms with Gasteiger partial charge < -0.3 is 15.8 Å². The van der Waals surface area contributed by atoms with Gasteiger partial charge in [0.2, 0.25) is 0 Å². The second kappa shape index (κ2) is 10.8. The standard InChI is InChI=1S/C25H26N6O4S/c1-4-35-25(34)30(14-20-23(33)28-24(26)36-20)17-12-18(19-10-11-21(32)31(29-19)15(2)3)22(27-13-17)16-8-6-5-7-9-16/h5-15,24H,4,26H2,1-3H3,(H,28,33). The van der Waals surface area contributed by atoms with Gasteiger partial charge in [0, 0.05) is 23.4 Å². The van der Waals surface area contributed by atoms with Gasteiger partial charge in [-0.2, -0.15) is 5.10 Å². The average Bonchev–Trinajstić information content (AvgIpc) is 3.19. The summed E-state index contributed by atoms with van der Waals surface area (Å²) in [4.78, 5) is 43.7. The maximum Gasteiger partial charge on any atom is 0.418 e. The summed E-state index contributed by atoms with van der Waals surface area (Å²) < 4.78 is 6.63. The Hall–Kier alpha value is -3.96. The number of aromatic nitrogens is 3. The molecule has 1 saturated heterocycles. The van der Waals surface area contributed by atoms with Crippen LogP contribution in [0, 0.1) is 0 Å². The Morgan fingerprint density at radius 2 is 2.00 bits per heavy atom. The fourth-order valence-electron chi connectivity index (χ4n) is 3.60. The Balaban J connectivity index is 1.90. The number of ether oxygens (including phenoxy) is 1. The van der Waals surface area contributed by atoms with E-state index >= 15 is 0 Å². The van der Waals surface area contributed by atoms with Gasteiger partial charge in [0.15, 0.2) is 0 Å². The summed E-state index contributed by atoms with van der Waals surface area (Å²) in [7, 11) is 0. The smallest absolute Gasteiger partial charge is 0.418 e. The molecule has 0 saturated carbocycles. The molecule has 1 fully saturated rings. The number of amides is 2. The van der Waals surface area contributed by atoms with E-state index in [-0.39, 0.29) is 29.0 Å². The van der Waals surface area contributed by atoms with Crippen LogP contribution in [0.2, 0.25) is 0 Å². The second-order valence-electron chi connectivity index (χ2n) is 8.13. The SMILES string of the molecule is CCOC(=O)N(C=C1SC(N)NC1=O)c1cnc(-c2ccccc2)c(-c2ccc(=O)n(C(C)C)n2)c1. The van der Waals surface area contributed by atoms with Crippen LogP contribution in [-0.4, -0.2) is 38.9 Å². The third-order valence-corrected chi connectivity index (χ3v) is 6.17. The van der Waals surface area contributed by atoms with Gasteiger partial charge in [-0.25, -0.2) is 9.48 Å². The van der Waals surface area contributed by atoms with Crippen LogP contribution < -0.4 is 21.5 Å². The van der Waals surface area contributed by atoms with Crippen molar-refractivity contribution >= 4 is 29.4 Å². The zero-order valence-corrected chi connectivity index (χ0v) is 20.9. The first-order chi connectivity index (χ1) is 17.3. The van der Waals surface area contributed by atoms with Crippen molar-refractivity contribution in [2.24, 2.45) is 5.73 Å². The predicted molar refractivity (Wildman–Crippen MR) is 139 cm³/mol. The number of nitrogens with one attached hydrogen (secondary N) is 1. The summed E-state index contributed by atoms with van der Waals surface area (Å²) in [6, 6.07) is 14.2. The molecule has 0 radical (unpaired) electrons. The molecule has 2 aromatic heterocycles. The third-order valence-electron chi connectivity index (χ3n) is 5.25. The highest BCUT2D eigenvalue weighted by Gasteiger charge is 2.28. The quantitative estimate of drug-likeness (QED) is 0.486. The van der Waals surface area contributed by atoms with Crippen molar-refractivity contribution in [3.8, 4) is 22.5 Å². The van der Waals surface area contributed by atoms with Gasteiger partial charge in [0.25, 0.3) is 11.5 Å². The highest BCUT2D eigenvalue weighted by Crippen LogP contribution is 2.34. The summed E-state index contributed by atoms with van der Waals surface area (Å²) in [6.45, 7) is 5.57. The topological polar surface area (TPSA) is 132 Å². The van der Waals surface area contributed by atoms with E-state index in [1.54, 1.807) is 19.1 Å². The lowest BCUT2D eigenvalue weighted by molar-refractivity contribution is -0.116. The molecule has 186 valence electrons. The number of thioether (sulfide) groups is 1. The van der Waals surface area contributed by atoms with Gasteiger partial charge in [-0.3, -0.25) is 19.5 Å². The second-order valence-corrected chi connectivity index (χ2v) is 9.31. The van der Waals surface area contributed by atoms with Crippen LogP contribution in [0.15, 0.2) is 70.6 Å². The maximum atomic E-state index is 12.9. The molecule has 1 atom stereocenters. The van der Waals surface area contributed by atoms with E-state index in [0.29, 0.717) is 22.6 Å². The van der Waals surface area contributed by atoms with E-state index in [1.807, 2.05) is 44.2 Å². The molecule has 0 aliphatic carbocycles. The van der Waals surface area contributed by atoms with E-state index in [2.05, 4.69) is 15.4 Å². The molecular weight excluding hydrogens is 480 g/mol. The lowest BCUT2D eigenvalue weighted by Crippen LogP contribution is -2.32. The van der Waals surface area contributed by atoms with Crippen molar-refractivity contribution in [1.82, 2.24) is 20.1 Å². The fourth-order valence-corrected chi connectivity index (χ4v) is 4.37. The Morgan fingerprint density at radius 3 is 2.64 bits per heavy atom. The minimum Gasteiger partial charge on any atom is -0.449 e. The van der Waals surface area contributed by atoms with Crippen molar-refractivity contribution in [2.75, 3.05) is 11.5 Å². The number of anilines is 1. The van der Waals surface area contributed by atoms with Gasteiger partial charge in [0.1, 0.15) is 5.50 Å². The maximum absolute atomic E-state index is 12.9. The van der Waals surface area contributed by atoms with Crippen LogP contribution in [0.4, 0.5) is 10.5 Å². The molecule has 3 N–H and O–H groups in total. The Kier molecular flexibility index (Phi) is 7.51. The lowest BCUT2D eigenvalue weighted by Gasteiger charge is -2.20. The summed E-state index contributed by atoms with van der Waals surface area (Å²) >= 11 is 1.10. The van der Waals surface area contributed by atoms with Crippen LogP contribution in [0.5, 0.6) is 0 Å². The molecule has 2 amide bonds. The molecular formula is C25H26N6O4S. The molecule has 36 heavy (non-hydrogen) atoms. The minimum atomic E-state index is -0.681. The van der Waals surface area contributed by atoms with Crippen LogP contribution in [0.3, 0.4) is 0 Å². The predicted octanol–water partition coefficient (Wildman–Crippen LogP) is 3.46. The Labute approximate surface area is 212 Å². The molecule has 4 rings (SSSR count). The van der Waals surface area contributed by atoms with E-state index in [4.69, 9.17) is 10.5 Å². The van der Waals surface area contributed by atoms with Gasteiger partial charge >= 0.3 is 6.09 Å². The Morgan fingerprint density at radius 1 is 1.25 bits per heavy atom. The first kappa shape index (κ1) is 25.1. The molecule has 10 nitrogen and oxygen atoms in total. The minimum absolute atomic E-state index is 0.140. The summed E-state index contributed by atoms with van der Waals surface area (Å²) in [5.41, 5.74) is 7.88. The number of benzene rings is 1. The molecule has 1 aliphatic heterocycles. The highest BCUT2D eigenvalue weighted by atomic mass is 32.2. The Bertz CT molecular complexity index is 1370. The molecule has 0 spiro atoms. The largest absolute Gasteiger partial charge is 0.449 e. The number of carbonyl (C=O) groups excluding carboxylic acids is 2. The van der Waals surface area contributed by atoms with Crippen LogP contribution in [0.25, 0.3) is 22.5 Å². The van der Waals surface area contributed by atoms with Crippen molar-refractivity contribution < 1.29 is 14.3 Å². The highest BCUT2D eigenvalue weighted by molar-refractivity contribution is 8.05. The number of pyridine rings is 1. The monoisotopic (exact) mass is 506 g/mol. The van der Waals surface area contributed by atoms with E-state index in [9.17, 15) is 14.4 Å². The molecule has 1 unspecified atom stereocenters. The summed E-state index contributed by atoms with van der Waals surface area (Å²) in [6.07, 6.45) is 2.23. The van der Waals surface area contributed by atoms with Crippen molar-refractivity contribution in [3.63, 3.8) is 0 Å². The zero-order chi connectivity index (χ0) is 25.8. The fraction of sp³-hybridized carbons (Fsp3) is 0.240. The molecule has 1 aliphatic rings. The summed E-state index contributed by atoms with van der Waals surface area (Å²) in [5, 5.41) is 7.15. The molecule has 0 bridgehead atoms. The summed E-state index contributed by atoms with van der Waals surface area (Å²) in [5.74, 6) is -0.387. The van der Waals surface area contributed by atoms with Crippen molar-refractivity contribution in [2.45, 2.75) is 32.3 Å². The first-order valence-electron chi connectivity index (χ1n) is 11.3. The van der Waals surface area contributed by atoms with Crippen LogP contribution >= 0.6 is 11.8 Å². The van der Waals surface area contributed by atoms with Gasteiger partial charge in [-0.05, 0) is 32.9 Å². The lowest BCUT2D eigenvalue weighted by atomic mass is 10.0. The van der Waals surface area contributed by atoms with E-state index in [1.165, 1.54) is 28.0 Å². The molecule has 11 heteroatoms. The third kappa shape index (κ3) is 5.31. The molecule has 3 aromatic rings. The zero-order valence-electron chi connectivity index (χ0n) is 20.0. The van der Waals surface area contributed by atoms with Crippen molar-refractivity contribution in [1.29, 1.82) is 0 Å². The van der Waals surface area contributed by atoms with Crippen LogP contribution in [-0.2, 0) is 9.53 Å². The number of hydrogen-bond acceptors (Lipinski definition) is 8. The number of nitrogens with two attached hydrogens (primary N) is 1. The number of rotatable bonds is 6. The van der Waals surface area contributed by atoms with E-state index in [0.717, 1.165) is 17.3 Å². The average molecular weight is 507 g/mol. The normalized spacial score (nSPS) is 16.3. The first-order valence-corrected chi connectivity index (χ1v) is 12.2. The van der Waals surface area contributed by atoms with Gasteiger partial charge in [0.05, 0.1) is 40.8 Å². The van der Waals surface area contributed by atoms with Crippen LogP contribution in [0.1, 0.15) is 26.8 Å². The molecule has 1 aromatic carbocycles. The number of carbonyl (C=O) groups is 2.